The van der Waals surface area contributed by atoms with E-state index in [1.165, 1.54) is 25.7 Å². The van der Waals surface area contributed by atoms with Crippen LogP contribution in [0.4, 0.5) is 0 Å². The monoisotopic (exact) mass is 308 g/mol. The number of nitrogens with zero attached hydrogens (tertiary/aromatic N) is 2. The van der Waals surface area contributed by atoms with E-state index in [0.717, 1.165) is 45.1 Å². The van der Waals surface area contributed by atoms with Crippen LogP contribution >= 0.6 is 0 Å². The molecule has 2 amide bonds. The maximum atomic E-state index is 13.0. The van der Waals surface area contributed by atoms with Gasteiger partial charge in [-0.3, -0.25) is 9.59 Å². The first-order valence-electron chi connectivity index (χ1n) is 9.13. The van der Waals surface area contributed by atoms with Crippen molar-refractivity contribution in [3.63, 3.8) is 0 Å². The predicted octanol–water partition coefficient (Wildman–Crippen LogP) is 3.35. The lowest BCUT2D eigenvalue weighted by atomic mass is 9.88. The van der Waals surface area contributed by atoms with Gasteiger partial charge in [-0.15, -0.1) is 0 Å². The summed E-state index contributed by atoms with van der Waals surface area (Å²) in [4.78, 5) is 29.2. The maximum Gasteiger partial charge on any atom is 0.249 e. The summed E-state index contributed by atoms with van der Waals surface area (Å²) in [5.74, 6) is 0.320. The van der Waals surface area contributed by atoms with Crippen LogP contribution in [0.25, 0.3) is 0 Å². The normalized spacial score (nSPS) is 24.6. The molecule has 22 heavy (non-hydrogen) atoms. The molecule has 1 saturated heterocycles. The second-order valence-electron chi connectivity index (χ2n) is 7.08. The molecule has 1 atom stereocenters. The Morgan fingerprint density at radius 3 is 2.27 bits per heavy atom. The van der Waals surface area contributed by atoms with Crippen LogP contribution < -0.4 is 0 Å². The van der Waals surface area contributed by atoms with E-state index in [9.17, 15) is 9.59 Å². The molecule has 0 unspecified atom stereocenters. The second-order valence-corrected chi connectivity index (χ2v) is 7.08. The van der Waals surface area contributed by atoms with Crippen molar-refractivity contribution in [2.75, 3.05) is 13.6 Å². The van der Waals surface area contributed by atoms with Gasteiger partial charge in [-0.05, 0) is 26.2 Å². The quantitative estimate of drug-likeness (QED) is 0.677. The molecular formula is C18H32N2O2. The van der Waals surface area contributed by atoms with Crippen LogP contribution in [-0.2, 0) is 9.59 Å². The van der Waals surface area contributed by atoms with Crippen molar-refractivity contribution in [3.05, 3.63) is 0 Å². The first-order valence-corrected chi connectivity index (χ1v) is 9.13. The maximum absolute atomic E-state index is 13.0. The van der Waals surface area contributed by atoms with Gasteiger partial charge in [0, 0.05) is 13.6 Å². The van der Waals surface area contributed by atoms with Crippen molar-refractivity contribution in [2.24, 2.45) is 0 Å². The third kappa shape index (κ3) is 3.16. The lowest BCUT2D eigenvalue weighted by Crippen LogP contribution is -2.69. The Balaban J connectivity index is 1.94. The standard InChI is InChI=1S/C18H32N2O2/c1-4-5-6-7-8-11-14-20-15(2)16(21)19(3)18(17(20)22)12-9-10-13-18/h15H,4-14H2,1-3H3/t15-/m0/s1. The highest BCUT2D eigenvalue weighted by Crippen LogP contribution is 2.39. The van der Waals surface area contributed by atoms with Gasteiger partial charge in [0.1, 0.15) is 11.6 Å². The molecule has 1 aliphatic heterocycles. The predicted molar refractivity (Wildman–Crippen MR) is 88.5 cm³/mol. The van der Waals surface area contributed by atoms with Crippen LogP contribution in [0.5, 0.6) is 0 Å². The Labute approximate surface area is 135 Å². The Morgan fingerprint density at radius 2 is 1.64 bits per heavy atom. The molecule has 1 aliphatic carbocycles. The van der Waals surface area contributed by atoms with Gasteiger partial charge in [0.05, 0.1) is 0 Å². The summed E-state index contributed by atoms with van der Waals surface area (Å²) in [7, 11) is 1.82. The lowest BCUT2D eigenvalue weighted by Gasteiger charge is -2.49. The smallest absolute Gasteiger partial charge is 0.249 e. The van der Waals surface area contributed by atoms with E-state index in [1.54, 1.807) is 4.90 Å². The number of hydrogen-bond acceptors (Lipinski definition) is 2. The van der Waals surface area contributed by atoms with Crippen molar-refractivity contribution in [2.45, 2.75) is 89.6 Å². The van der Waals surface area contributed by atoms with E-state index in [-0.39, 0.29) is 17.9 Å². The van der Waals surface area contributed by atoms with E-state index >= 15 is 0 Å². The molecule has 4 nitrogen and oxygen atoms in total. The average molecular weight is 308 g/mol. The van der Waals surface area contributed by atoms with E-state index < -0.39 is 5.54 Å². The van der Waals surface area contributed by atoms with Gasteiger partial charge < -0.3 is 9.80 Å². The number of hydrogen-bond donors (Lipinski definition) is 0. The number of carbonyl (C=O) groups is 2. The molecule has 1 heterocycles. The molecule has 1 saturated carbocycles. The Morgan fingerprint density at radius 1 is 1.05 bits per heavy atom. The highest BCUT2D eigenvalue weighted by Gasteiger charge is 2.54. The van der Waals surface area contributed by atoms with Crippen LogP contribution in [0, 0.1) is 0 Å². The van der Waals surface area contributed by atoms with Crippen molar-refractivity contribution >= 4 is 11.8 Å². The minimum atomic E-state index is -0.522. The van der Waals surface area contributed by atoms with Crippen molar-refractivity contribution in [1.29, 1.82) is 0 Å². The van der Waals surface area contributed by atoms with E-state index in [2.05, 4.69) is 6.92 Å². The number of unbranched alkanes of at least 4 members (excludes halogenated alkanes) is 5. The number of likely N-dealkylation sites (N-methyl/N-ethyl adjacent to an activating group) is 1. The third-order valence-corrected chi connectivity index (χ3v) is 5.64. The molecule has 0 aromatic rings. The zero-order chi connectivity index (χ0) is 16.2. The van der Waals surface area contributed by atoms with Crippen molar-refractivity contribution in [3.8, 4) is 0 Å². The van der Waals surface area contributed by atoms with Gasteiger partial charge in [-0.1, -0.05) is 51.9 Å². The first kappa shape index (κ1) is 17.3. The van der Waals surface area contributed by atoms with Crippen LogP contribution in [0.15, 0.2) is 0 Å². The van der Waals surface area contributed by atoms with Gasteiger partial charge in [-0.25, -0.2) is 0 Å². The molecule has 0 aromatic heterocycles. The number of piperazine rings is 1. The SMILES string of the molecule is CCCCCCCCN1C(=O)C2(CCCC2)N(C)C(=O)[C@@H]1C. The fourth-order valence-corrected chi connectivity index (χ4v) is 4.08. The third-order valence-electron chi connectivity index (χ3n) is 5.64. The highest BCUT2D eigenvalue weighted by molar-refractivity contribution is 5.99. The number of rotatable bonds is 7. The molecule has 0 N–H and O–H groups in total. The molecular weight excluding hydrogens is 276 g/mol. The van der Waals surface area contributed by atoms with Crippen molar-refractivity contribution < 1.29 is 9.59 Å². The molecule has 0 aromatic carbocycles. The summed E-state index contributed by atoms with van der Waals surface area (Å²) in [5, 5.41) is 0. The fourth-order valence-electron chi connectivity index (χ4n) is 4.08. The topological polar surface area (TPSA) is 40.6 Å². The number of amides is 2. The Bertz CT molecular complexity index is 402. The summed E-state index contributed by atoms with van der Waals surface area (Å²) < 4.78 is 0. The van der Waals surface area contributed by atoms with Gasteiger partial charge in [0.2, 0.25) is 11.8 Å². The summed E-state index contributed by atoms with van der Waals surface area (Å²) in [6.07, 6.45) is 11.1. The molecule has 1 spiro atoms. The van der Waals surface area contributed by atoms with Gasteiger partial charge in [-0.2, -0.15) is 0 Å². The molecule has 4 heteroatoms. The van der Waals surface area contributed by atoms with Crippen LogP contribution in [0.1, 0.15) is 78.1 Å². The minimum Gasteiger partial charge on any atom is -0.329 e. The Kier molecular flexibility index (Phi) is 5.87. The number of carbonyl (C=O) groups excluding carboxylic acids is 2. The fraction of sp³-hybridized carbons (Fsp3) is 0.889. The summed E-state index contributed by atoms with van der Waals surface area (Å²) in [6, 6.07) is -0.292. The zero-order valence-electron chi connectivity index (χ0n) is 14.6. The highest BCUT2D eigenvalue weighted by atomic mass is 16.2. The molecule has 0 radical (unpaired) electrons. The summed E-state index contributed by atoms with van der Waals surface area (Å²) in [6.45, 7) is 4.85. The largest absolute Gasteiger partial charge is 0.329 e. The molecule has 126 valence electrons. The van der Waals surface area contributed by atoms with Gasteiger partial charge >= 0.3 is 0 Å². The molecule has 2 rings (SSSR count). The minimum absolute atomic E-state index is 0.118. The second kappa shape index (κ2) is 7.47. The van der Waals surface area contributed by atoms with Gasteiger partial charge in [0.25, 0.3) is 0 Å². The zero-order valence-corrected chi connectivity index (χ0v) is 14.6. The lowest BCUT2D eigenvalue weighted by molar-refractivity contribution is -0.168. The Hall–Kier alpha value is -1.06. The summed E-state index contributed by atoms with van der Waals surface area (Å²) in [5.41, 5.74) is -0.522. The summed E-state index contributed by atoms with van der Waals surface area (Å²) >= 11 is 0. The van der Waals surface area contributed by atoms with Gasteiger partial charge in [0.15, 0.2) is 0 Å². The average Bonchev–Trinajstić information content (AvgIpc) is 3.01. The van der Waals surface area contributed by atoms with E-state index in [0.29, 0.717) is 0 Å². The van der Waals surface area contributed by atoms with E-state index in [1.807, 2.05) is 18.9 Å². The first-order chi connectivity index (χ1) is 10.5. The van der Waals surface area contributed by atoms with Crippen LogP contribution in [-0.4, -0.2) is 46.8 Å². The van der Waals surface area contributed by atoms with Crippen LogP contribution in [0.2, 0.25) is 0 Å². The van der Waals surface area contributed by atoms with E-state index in [4.69, 9.17) is 0 Å². The molecule has 2 aliphatic rings. The molecule has 0 bridgehead atoms. The van der Waals surface area contributed by atoms with Crippen molar-refractivity contribution in [1.82, 2.24) is 9.80 Å². The molecule has 2 fully saturated rings. The van der Waals surface area contributed by atoms with Crippen LogP contribution in [0.3, 0.4) is 0 Å².